The zero-order valence-electron chi connectivity index (χ0n) is 12.0. The van der Waals surface area contributed by atoms with Gasteiger partial charge < -0.3 is 18.9 Å². The van der Waals surface area contributed by atoms with Crippen LogP contribution in [0.15, 0.2) is 11.1 Å². The van der Waals surface area contributed by atoms with E-state index in [0.29, 0.717) is 17.8 Å². The Morgan fingerprint density at radius 3 is 1.76 bits per heavy atom. The van der Waals surface area contributed by atoms with Crippen molar-refractivity contribution in [3.63, 3.8) is 0 Å². The molecule has 4 fully saturated rings. The van der Waals surface area contributed by atoms with Gasteiger partial charge in [-0.15, -0.1) is 0 Å². The van der Waals surface area contributed by atoms with Crippen LogP contribution in [0.1, 0.15) is 6.42 Å². The summed E-state index contributed by atoms with van der Waals surface area (Å²) in [5, 5.41) is 0. The zero-order valence-corrected chi connectivity index (χ0v) is 12.0. The number of carbonyl (C=O) groups is 2. The van der Waals surface area contributed by atoms with Gasteiger partial charge in [0.2, 0.25) is 0 Å². The predicted molar refractivity (Wildman–Crippen MR) is 69.3 cm³/mol. The standard InChI is InChI=1S/C15H18O6/c1-18-14(16)20-4-8-9(5-21-15(17)19-2)11-6-3-7-12(10(6)8)13(7)11/h6-7,10-13H,3-5H2,1-2H3. The molecule has 6 bridgehead atoms. The van der Waals surface area contributed by atoms with Crippen molar-refractivity contribution in [2.75, 3.05) is 27.4 Å². The fraction of sp³-hybridized carbons (Fsp3) is 0.733. The molecule has 0 saturated heterocycles. The van der Waals surface area contributed by atoms with Gasteiger partial charge in [0.05, 0.1) is 14.2 Å². The average Bonchev–Trinajstić information content (AvgIpc) is 2.87. The van der Waals surface area contributed by atoms with Crippen LogP contribution >= 0.6 is 0 Å². The predicted octanol–water partition coefficient (Wildman–Crippen LogP) is 1.99. The first-order chi connectivity index (χ1) is 10.2. The first-order valence-electron chi connectivity index (χ1n) is 7.30. The summed E-state index contributed by atoms with van der Waals surface area (Å²) in [6.45, 7) is 0.500. The van der Waals surface area contributed by atoms with E-state index in [2.05, 4.69) is 9.47 Å². The molecule has 0 aromatic carbocycles. The average molecular weight is 294 g/mol. The molecule has 4 unspecified atom stereocenters. The van der Waals surface area contributed by atoms with E-state index in [1.807, 2.05) is 0 Å². The minimum Gasteiger partial charge on any atom is -0.438 e. The second kappa shape index (κ2) is 4.39. The maximum Gasteiger partial charge on any atom is 0.508 e. The molecule has 4 atom stereocenters. The summed E-state index contributed by atoms with van der Waals surface area (Å²) in [6.07, 6.45) is -0.0647. The summed E-state index contributed by atoms with van der Waals surface area (Å²) >= 11 is 0. The second-order valence-electron chi connectivity index (χ2n) is 6.31. The van der Waals surface area contributed by atoms with Crippen molar-refractivity contribution in [2.24, 2.45) is 35.5 Å². The lowest BCUT2D eigenvalue weighted by atomic mass is 9.92. The molecule has 0 radical (unpaired) electrons. The van der Waals surface area contributed by atoms with Crippen molar-refractivity contribution in [1.29, 1.82) is 0 Å². The molecule has 0 amide bonds. The molecule has 0 aromatic rings. The van der Waals surface area contributed by atoms with Crippen LogP contribution in [0, 0.1) is 35.5 Å². The fourth-order valence-corrected chi connectivity index (χ4v) is 5.33. The van der Waals surface area contributed by atoms with Crippen molar-refractivity contribution < 1.29 is 28.5 Å². The summed E-state index contributed by atoms with van der Waals surface area (Å²) in [5.74, 6) is 4.10. The van der Waals surface area contributed by atoms with Crippen LogP contribution in [0.3, 0.4) is 0 Å². The third-order valence-electron chi connectivity index (χ3n) is 5.83. The van der Waals surface area contributed by atoms with Crippen LogP contribution in [0.2, 0.25) is 0 Å². The number of methoxy groups -OCH3 is 2. The first kappa shape index (κ1) is 13.0. The molecular weight excluding hydrogens is 276 g/mol. The lowest BCUT2D eigenvalue weighted by Gasteiger charge is -2.19. The van der Waals surface area contributed by atoms with Crippen LogP contribution in [-0.2, 0) is 18.9 Å². The van der Waals surface area contributed by atoms with Crippen molar-refractivity contribution in [1.82, 2.24) is 0 Å². The Labute approximate surface area is 122 Å². The highest BCUT2D eigenvalue weighted by atomic mass is 16.7. The van der Waals surface area contributed by atoms with Gasteiger partial charge in [-0.2, -0.15) is 0 Å². The molecule has 0 heterocycles. The van der Waals surface area contributed by atoms with Crippen molar-refractivity contribution in [2.45, 2.75) is 6.42 Å². The largest absolute Gasteiger partial charge is 0.508 e. The molecule has 0 spiro atoms. The van der Waals surface area contributed by atoms with Gasteiger partial charge in [-0.3, -0.25) is 0 Å². The quantitative estimate of drug-likeness (QED) is 0.583. The monoisotopic (exact) mass is 294 g/mol. The molecule has 6 nitrogen and oxygen atoms in total. The molecule has 0 N–H and O–H groups in total. The third-order valence-corrected chi connectivity index (χ3v) is 5.83. The number of ether oxygens (including phenoxy) is 4. The molecule has 5 rings (SSSR count). The molecular formula is C15H18O6. The molecule has 4 saturated carbocycles. The first-order valence-corrected chi connectivity index (χ1v) is 7.30. The van der Waals surface area contributed by atoms with Gasteiger partial charge in [0.25, 0.3) is 0 Å². The highest BCUT2D eigenvalue weighted by Crippen LogP contribution is 2.81. The van der Waals surface area contributed by atoms with Crippen LogP contribution in [-0.4, -0.2) is 39.7 Å². The molecule has 114 valence electrons. The highest BCUT2D eigenvalue weighted by Gasteiger charge is 2.77. The topological polar surface area (TPSA) is 71.1 Å². The molecule has 21 heavy (non-hydrogen) atoms. The van der Waals surface area contributed by atoms with Crippen LogP contribution in [0.25, 0.3) is 0 Å². The Hall–Kier alpha value is -1.72. The third kappa shape index (κ3) is 1.64. The number of hydrogen-bond donors (Lipinski definition) is 0. The second-order valence-corrected chi connectivity index (χ2v) is 6.31. The van der Waals surface area contributed by atoms with Gasteiger partial charge in [-0.05, 0) is 53.1 Å². The van der Waals surface area contributed by atoms with E-state index in [0.717, 1.165) is 28.9 Å². The van der Waals surface area contributed by atoms with Crippen molar-refractivity contribution in [3.8, 4) is 0 Å². The minimum absolute atomic E-state index is 0.250. The summed E-state index contributed by atoms with van der Waals surface area (Å²) in [5.41, 5.74) is 2.31. The van der Waals surface area contributed by atoms with E-state index in [1.54, 1.807) is 0 Å². The van der Waals surface area contributed by atoms with Crippen LogP contribution in [0.4, 0.5) is 9.59 Å². The number of hydrogen-bond acceptors (Lipinski definition) is 6. The summed E-state index contributed by atoms with van der Waals surface area (Å²) in [7, 11) is 2.60. The van der Waals surface area contributed by atoms with Gasteiger partial charge in [0.15, 0.2) is 0 Å². The lowest BCUT2D eigenvalue weighted by Crippen LogP contribution is -2.18. The van der Waals surface area contributed by atoms with E-state index in [4.69, 9.17) is 9.47 Å². The van der Waals surface area contributed by atoms with E-state index in [-0.39, 0.29) is 13.2 Å². The molecule has 0 aromatic heterocycles. The molecule has 5 aliphatic carbocycles. The summed E-state index contributed by atoms with van der Waals surface area (Å²) in [4.78, 5) is 22.4. The molecule has 5 aliphatic rings. The Morgan fingerprint density at radius 1 is 0.905 bits per heavy atom. The summed E-state index contributed by atoms with van der Waals surface area (Å²) < 4.78 is 19.3. The van der Waals surface area contributed by atoms with Gasteiger partial charge in [0, 0.05) is 0 Å². The number of carbonyl (C=O) groups excluding carboxylic acids is 2. The maximum absolute atomic E-state index is 11.2. The van der Waals surface area contributed by atoms with E-state index in [9.17, 15) is 9.59 Å². The maximum atomic E-state index is 11.2. The Morgan fingerprint density at radius 2 is 1.38 bits per heavy atom. The van der Waals surface area contributed by atoms with Crippen molar-refractivity contribution in [3.05, 3.63) is 11.1 Å². The molecule has 0 aliphatic heterocycles. The Kier molecular flexibility index (Phi) is 2.71. The van der Waals surface area contributed by atoms with Gasteiger partial charge >= 0.3 is 12.3 Å². The number of rotatable bonds is 4. The SMILES string of the molecule is COC(=O)OCC1=C(COC(=O)OC)C2C3CC4C(C13)C42. The van der Waals surface area contributed by atoms with E-state index >= 15 is 0 Å². The zero-order chi connectivity index (χ0) is 14.7. The van der Waals surface area contributed by atoms with E-state index < -0.39 is 12.3 Å². The van der Waals surface area contributed by atoms with Gasteiger partial charge in [-0.25, -0.2) is 9.59 Å². The smallest absolute Gasteiger partial charge is 0.438 e. The van der Waals surface area contributed by atoms with Gasteiger partial charge in [0.1, 0.15) is 13.2 Å². The highest BCUT2D eigenvalue weighted by molar-refractivity contribution is 5.61. The van der Waals surface area contributed by atoms with Crippen LogP contribution in [0.5, 0.6) is 0 Å². The Balaban J connectivity index is 1.51. The fourth-order valence-electron chi connectivity index (χ4n) is 5.33. The normalized spacial score (nSPS) is 40.3. The van der Waals surface area contributed by atoms with Crippen molar-refractivity contribution >= 4 is 12.3 Å². The van der Waals surface area contributed by atoms with Crippen LogP contribution < -0.4 is 0 Å². The minimum atomic E-state index is -0.668. The molecule has 6 heteroatoms. The van der Waals surface area contributed by atoms with Gasteiger partial charge in [-0.1, -0.05) is 0 Å². The lowest BCUT2D eigenvalue weighted by molar-refractivity contribution is 0.0731. The summed E-state index contributed by atoms with van der Waals surface area (Å²) in [6, 6.07) is 0. The van der Waals surface area contributed by atoms with E-state index in [1.165, 1.54) is 20.6 Å². The Bertz CT molecular complexity index is 494.